The van der Waals surface area contributed by atoms with Crippen LogP contribution in [0.4, 0.5) is 0 Å². The van der Waals surface area contributed by atoms with Gasteiger partial charge in [-0.2, -0.15) is 11.3 Å². The summed E-state index contributed by atoms with van der Waals surface area (Å²) >= 11 is 1.72. The molecule has 0 aliphatic rings. The van der Waals surface area contributed by atoms with Crippen LogP contribution in [0.25, 0.3) is 0 Å². The fourth-order valence-corrected chi connectivity index (χ4v) is 3.29. The van der Waals surface area contributed by atoms with E-state index in [9.17, 15) is 4.79 Å². The van der Waals surface area contributed by atoms with Crippen LogP contribution in [0, 0.1) is 0 Å². The van der Waals surface area contributed by atoms with Crippen LogP contribution in [0.5, 0.6) is 0 Å². The fraction of sp³-hybridized carbons (Fsp3) is 0.400. The fourth-order valence-electron chi connectivity index (χ4n) is 2.51. The van der Waals surface area contributed by atoms with E-state index in [1.807, 2.05) is 31.2 Å². The molecule has 1 aromatic carbocycles. The molecular formula is C20H28N4OS. The number of hydrogen-bond donors (Lipinski definition) is 3. The Morgan fingerprint density at radius 2 is 1.96 bits per heavy atom. The number of carbonyl (C=O) groups is 1. The maximum atomic E-state index is 12.0. The molecule has 1 atom stereocenters. The van der Waals surface area contributed by atoms with Crippen LogP contribution in [-0.2, 0) is 6.54 Å². The summed E-state index contributed by atoms with van der Waals surface area (Å²) in [5.74, 6) is 1.16. The first-order chi connectivity index (χ1) is 12.6. The molecular weight excluding hydrogens is 344 g/mol. The molecule has 2 aromatic rings. The Kier molecular flexibility index (Phi) is 8.15. The Hall–Kier alpha value is -2.34. The highest BCUT2D eigenvalue weighted by molar-refractivity contribution is 7.07. The van der Waals surface area contributed by atoms with Crippen molar-refractivity contribution in [3.8, 4) is 0 Å². The average molecular weight is 373 g/mol. The Labute approximate surface area is 159 Å². The molecule has 0 spiro atoms. The third-order valence-electron chi connectivity index (χ3n) is 3.98. The third kappa shape index (κ3) is 6.19. The molecule has 5 nitrogen and oxygen atoms in total. The maximum Gasteiger partial charge on any atom is 0.251 e. The quantitative estimate of drug-likeness (QED) is 0.492. The number of carbonyl (C=O) groups excluding carboxylic acids is 1. The van der Waals surface area contributed by atoms with Crippen LogP contribution in [0.2, 0.25) is 0 Å². The van der Waals surface area contributed by atoms with Gasteiger partial charge in [-0.25, -0.2) is 4.99 Å². The minimum Gasteiger partial charge on any atom is -0.357 e. The van der Waals surface area contributed by atoms with Crippen LogP contribution in [0.15, 0.2) is 46.1 Å². The first kappa shape index (κ1) is 20.0. The number of hydrogen-bond acceptors (Lipinski definition) is 3. The highest BCUT2D eigenvalue weighted by Crippen LogP contribution is 2.17. The second-order valence-electron chi connectivity index (χ2n) is 6.09. The third-order valence-corrected chi connectivity index (χ3v) is 4.68. The average Bonchev–Trinajstić information content (AvgIpc) is 3.19. The minimum atomic E-state index is -0.0482. The number of thiophene rings is 1. The Morgan fingerprint density at radius 3 is 2.65 bits per heavy atom. The smallest absolute Gasteiger partial charge is 0.251 e. The van der Waals surface area contributed by atoms with Crippen molar-refractivity contribution in [3.63, 3.8) is 0 Å². The van der Waals surface area contributed by atoms with E-state index in [-0.39, 0.29) is 5.91 Å². The SMILES string of the molecule is CCNC(=O)c1cccc(CN=C(NCC)NCC(C)c2ccsc2)c1. The minimum absolute atomic E-state index is 0.0482. The van der Waals surface area contributed by atoms with Gasteiger partial charge in [-0.3, -0.25) is 4.79 Å². The van der Waals surface area contributed by atoms with E-state index < -0.39 is 0 Å². The van der Waals surface area contributed by atoms with Gasteiger partial charge < -0.3 is 16.0 Å². The molecule has 2 rings (SSSR count). The van der Waals surface area contributed by atoms with Gasteiger partial charge in [0.05, 0.1) is 6.54 Å². The predicted octanol–water partition coefficient (Wildman–Crippen LogP) is 3.36. The van der Waals surface area contributed by atoms with Crippen molar-refractivity contribution in [3.05, 3.63) is 57.8 Å². The molecule has 1 amide bonds. The van der Waals surface area contributed by atoms with Gasteiger partial charge in [0.15, 0.2) is 5.96 Å². The van der Waals surface area contributed by atoms with E-state index in [4.69, 9.17) is 0 Å². The van der Waals surface area contributed by atoms with Crippen molar-refractivity contribution in [1.82, 2.24) is 16.0 Å². The molecule has 0 fully saturated rings. The molecule has 0 aliphatic heterocycles. The monoisotopic (exact) mass is 372 g/mol. The van der Waals surface area contributed by atoms with Gasteiger partial charge in [-0.15, -0.1) is 0 Å². The number of nitrogens with one attached hydrogen (secondary N) is 3. The number of benzene rings is 1. The number of amides is 1. The van der Waals surface area contributed by atoms with Crippen LogP contribution in [0.3, 0.4) is 0 Å². The lowest BCUT2D eigenvalue weighted by molar-refractivity contribution is 0.0955. The summed E-state index contributed by atoms with van der Waals surface area (Å²) < 4.78 is 0. The van der Waals surface area contributed by atoms with Crippen LogP contribution in [-0.4, -0.2) is 31.5 Å². The van der Waals surface area contributed by atoms with Gasteiger partial charge in [-0.1, -0.05) is 19.1 Å². The van der Waals surface area contributed by atoms with Crippen molar-refractivity contribution in [2.75, 3.05) is 19.6 Å². The molecule has 1 unspecified atom stereocenters. The summed E-state index contributed by atoms with van der Waals surface area (Å²) in [5.41, 5.74) is 3.02. The van der Waals surface area contributed by atoms with Gasteiger partial charge in [0.1, 0.15) is 0 Å². The summed E-state index contributed by atoms with van der Waals surface area (Å²) in [6.45, 7) is 8.94. The van der Waals surface area contributed by atoms with E-state index in [1.54, 1.807) is 11.3 Å². The number of rotatable bonds is 8. The lowest BCUT2D eigenvalue weighted by atomic mass is 10.1. The molecule has 140 valence electrons. The lowest BCUT2D eigenvalue weighted by Gasteiger charge is -2.15. The maximum absolute atomic E-state index is 12.0. The topological polar surface area (TPSA) is 65.5 Å². The molecule has 1 heterocycles. The molecule has 6 heteroatoms. The molecule has 0 radical (unpaired) electrons. The zero-order chi connectivity index (χ0) is 18.8. The van der Waals surface area contributed by atoms with E-state index in [0.29, 0.717) is 24.6 Å². The highest BCUT2D eigenvalue weighted by Gasteiger charge is 2.08. The molecule has 3 N–H and O–H groups in total. The molecule has 0 bridgehead atoms. The van der Waals surface area contributed by atoms with E-state index in [0.717, 1.165) is 24.6 Å². The summed E-state index contributed by atoms with van der Waals surface area (Å²) in [6.07, 6.45) is 0. The van der Waals surface area contributed by atoms with Crippen molar-refractivity contribution < 1.29 is 4.79 Å². The van der Waals surface area contributed by atoms with Crippen molar-refractivity contribution in [1.29, 1.82) is 0 Å². The standard InChI is InChI=1S/C20H28N4OS/c1-4-21-19(25)17-8-6-7-16(11-17)13-24-20(22-5-2)23-12-15(3)18-9-10-26-14-18/h6-11,14-15H,4-5,12-13H2,1-3H3,(H,21,25)(H2,22,23,24). The van der Waals surface area contributed by atoms with Gasteiger partial charge in [-0.05, 0) is 59.9 Å². The summed E-state index contributed by atoms with van der Waals surface area (Å²) in [7, 11) is 0. The summed E-state index contributed by atoms with van der Waals surface area (Å²) in [6, 6.07) is 9.77. The molecule has 26 heavy (non-hydrogen) atoms. The Morgan fingerprint density at radius 1 is 1.15 bits per heavy atom. The zero-order valence-electron chi connectivity index (χ0n) is 15.7. The van der Waals surface area contributed by atoms with Crippen molar-refractivity contribution >= 4 is 23.2 Å². The number of aliphatic imine (C=N–C) groups is 1. The summed E-state index contributed by atoms with van der Waals surface area (Å²) in [4.78, 5) is 16.6. The van der Waals surface area contributed by atoms with E-state index in [2.05, 4.69) is 51.6 Å². The van der Waals surface area contributed by atoms with Gasteiger partial charge in [0.2, 0.25) is 0 Å². The van der Waals surface area contributed by atoms with Gasteiger partial charge >= 0.3 is 0 Å². The highest BCUT2D eigenvalue weighted by atomic mass is 32.1. The summed E-state index contributed by atoms with van der Waals surface area (Å²) in [5, 5.41) is 13.8. The van der Waals surface area contributed by atoms with Gasteiger partial charge in [0.25, 0.3) is 5.91 Å². The Bertz CT molecular complexity index is 712. The lowest BCUT2D eigenvalue weighted by Crippen LogP contribution is -2.39. The molecule has 1 aromatic heterocycles. The van der Waals surface area contributed by atoms with Crippen molar-refractivity contribution in [2.24, 2.45) is 4.99 Å². The molecule has 0 aliphatic carbocycles. The van der Waals surface area contributed by atoms with E-state index in [1.165, 1.54) is 5.56 Å². The predicted molar refractivity (Wildman–Crippen MR) is 110 cm³/mol. The second kappa shape index (κ2) is 10.6. The molecule has 0 saturated carbocycles. The second-order valence-corrected chi connectivity index (χ2v) is 6.87. The zero-order valence-corrected chi connectivity index (χ0v) is 16.5. The van der Waals surface area contributed by atoms with Gasteiger partial charge in [0, 0.05) is 25.2 Å². The van der Waals surface area contributed by atoms with Crippen LogP contribution < -0.4 is 16.0 Å². The number of guanidine groups is 1. The van der Waals surface area contributed by atoms with Crippen LogP contribution >= 0.6 is 11.3 Å². The Balaban J connectivity index is 1.97. The van der Waals surface area contributed by atoms with E-state index >= 15 is 0 Å². The normalized spacial score (nSPS) is 12.5. The first-order valence-electron chi connectivity index (χ1n) is 9.05. The first-order valence-corrected chi connectivity index (χ1v) is 9.99. The molecule has 0 saturated heterocycles. The van der Waals surface area contributed by atoms with Crippen LogP contribution in [0.1, 0.15) is 48.2 Å². The van der Waals surface area contributed by atoms with Crippen molar-refractivity contribution in [2.45, 2.75) is 33.2 Å². The number of nitrogens with zero attached hydrogens (tertiary/aromatic N) is 1. The largest absolute Gasteiger partial charge is 0.357 e.